The van der Waals surface area contributed by atoms with Crippen LogP contribution in [0.3, 0.4) is 0 Å². The van der Waals surface area contributed by atoms with Crippen LogP contribution in [0.2, 0.25) is 0 Å². The number of aromatic hydroxyl groups is 4. The van der Waals surface area contributed by atoms with E-state index in [4.69, 9.17) is 35.6 Å². The van der Waals surface area contributed by atoms with Crippen LogP contribution in [0.5, 0.6) is 34.5 Å². The van der Waals surface area contributed by atoms with Crippen LogP contribution in [-0.4, -0.2) is 33.6 Å². The molecule has 37 heavy (non-hydrogen) atoms. The molecule has 0 aromatic heterocycles. The molecule has 198 valence electrons. The first-order valence-corrected chi connectivity index (χ1v) is 11.5. The van der Waals surface area contributed by atoms with E-state index in [-0.39, 0.29) is 35.4 Å². The molecular formula is C29H34ClNO6. The van der Waals surface area contributed by atoms with E-state index < -0.39 is 0 Å². The lowest BCUT2D eigenvalue weighted by Gasteiger charge is -2.08. The van der Waals surface area contributed by atoms with Crippen molar-refractivity contribution in [3.8, 4) is 34.5 Å². The second-order valence-electron chi connectivity index (χ2n) is 7.62. The van der Waals surface area contributed by atoms with Gasteiger partial charge in [-0.3, -0.25) is 0 Å². The molecule has 0 heterocycles. The monoisotopic (exact) mass is 527 g/mol. The highest BCUT2D eigenvalue weighted by molar-refractivity contribution is 5.85. The van der Waals surface area contributed by atoms with Gasteiger partial charge in [-0.2, -0.15) is 0 Å². The molecule has 0 atom stereocenters. The molecule has 0 unspecified atom stereocenters. The molecule has 0 radical (unpaired) electrons. The number of nitrogens with two attached hydrogens (primary N) is 1. The normalized spacial score (nSPS) is 9.43. The summed E-state index contributed by atoms with van der Waals surface area (Å²) in [7, 11) is 0. The number of phenols is 4. The summed E-state index contributed by atoms with van der Waals surface area (Å²) in [4.78, 5) is 0. The first-order valence-electron chi connectivity index (χ1n) is 11.5. The lowest BCUT2D eigenvalue weighted by Crippen LogP contribution is -2.03. The predicted molar refractivity (Wildman–Crippen MR) is 148 cm³/mol. The van der Waals surface area contributed by atoms with Gasteiger partial charge < -0.3 is 35.6 Å². The van der Waals surface area contributed by atoms with E-state index in [9.17, 15) is 0 Å². The molecule has 0 amide bonds. The third-order valence-electron chi connectivity index (χ3n) is 4.64. The standard InChI is InChI=1S/C17H21NO2.2C6H6O2.ClH/c18-12-4-5-13-19-16-8-10-17(11-9-16)20-14-15-6-2-1-3-7-15;2*7-5-1-2-6(8)4-3-5;/h1-3,6-11H,4-5,12-14,18H2;2*1-4,7-8H;1H. The maximum Gasteiger partial charge on any atom is 0.120 e. The molecule has 0 saturated carbocycles. The van der Waals surface area contributed by atoms with Crippen molar-refractivity contribution in [1.82, 2.24) is 0 Å². The molecule has 0 aliphatic heterocycles. The number of halogens is 1. The van der Waals surface area contributed by atoms with Crippen LogP contribution in [0, 0.1) is 0 Å². The number of benzene rings is 4. The van der Waals surface area contributed by atoms with Gasteiger partial charge in [0, 0.05) is 0 Å². The highest BCUT2D eigenvalue weighted by atomic mass is 35.5. The van der Waals surface area contributed by atoms with E-state index in [1.54, 1.807) is 0 Å². The number of unbranched alkanes of at least 4 members (excludes halogenated alkanes) is 1. The van der Waals surface area contributed by atoms with Gasteiger partial charge in [-0.05, 0) is 97.7 Å². The van der Waals surface area contributed by atoms with Crippen molar-refractivity contribution < 1.29 is 29.9 Å². The van der Waals surface area contributed by atoms with Crippen LogP contribution in [0.1, 0.15) is 18.4 Å². The van der Waals surface area contributed by atoms with Crippen molar-refractivity contribution in [3.05, 3.63) is 109 Å². The predicted octanol–water partition coefficient (Wildman–Crippen LogP) is 6.00. The summed E-state index contributed by atoms with van der Waals surface area (Å²) < 4.78 is 11.3. The summed E-state index contributed by atoms with van der Waals surface area (Å²) in [6.07, 6.45) is 1.99. The zero-order valence-electron chi connectivity index (χ0n) is 20.4. The largest absolute Gasteiger partial charge is 0.508 e. The number of hydrogen-bond acceptors (Lipinski definition) is 7. The van der Waals surface area contributed by atoms with Crippen LogP contribution in [0.4, 0.5) is 0 Å². The number of ether oxygens (including phenoxy) is 2. The summed E-state index contributed by atoms with van der Waals surface area (Å²) in [5, 5.41) is 34.6. The fourth-order valence-electron chi connectivity index (χ4n) is 2.71. The lowest BCUT2D eigenvalue weighted by atomic mass is 10.2. The molecule has 6 N–H and O–H groups in total. The topological polar surface area (TPSA) is 125 Å². The van der Waals surface area contributed by atoms with Crippen molar-refractivity contribution in [3.63, 3.8) is 0 Å². The summed E-state index contributed by atoms with van der Waals surface area (Å²) >= 11 is 0. The van der Waals surface area contributed by atoms with E-state index in [1.165, 1.54) is 48.5 Å². The second-order valence-corrected chi connectivity index (χ2v) is 7.62. The van der Waals surface area contributed by atoms with Crippen LogP contribution < -0.4 is 15.2 Å². The zero-order chi connectivity index (χ0) is 26.0. The molecule has 0 aliphatic carbocycles. The van der Waals surface area contributed by atoms with Gasteiger partial charge in [0.15, 0.2) is 0 Å². The molecule has 0 aliphatic rings. The number of hydrogen-bond donors (Lipinski definition) is 5. The van der Waals surface area contributed by atoms with Crippen molar-refractivity contribution in [2.75, 3.05) is 13.2 Å². The highest BCUT2D eigenvalue weighted by Gasteiger charge is 1.98. The maximum atomic E-state index is 8.65. The van der Waals surface area contributed by atoms with Crippen molar-refractivity contribution in [1.29, 1.82) is 0 Å². The van der Waals surface area contributed by atoms with Gasteiger partial charge in [-0.1, -0.05) is 30.3 Å². The highest BCUT2D eigenvalue weighted by Crippen LogP contribution is 2.19. The Kier molecular flexibility index (Phi) is 15.3. The minimum Gasteiger partial charge on any atom is -0.508 e. The third-order valence-corrected chi connectivity index (χ3v) is 4.64. The molecular weight excluding hydrogens is 494 g/mol. The van der Waals surface area contributed by atoms with E-state index >= 15 is 0 Å². The molecule has 0 bridgehead atoms. The maximum absolute atomic E-state index is 8.65. The van der Waals surface area contributed by atoms with Gasteiger partial charge in [0.25, 0.3) is 0 Å². The van der Waals surface area contributed by atoms with E-state index in [1.807, 2.05) is 42.5 Å². The zero-order valence-corrected chi connectivity index (χ0v) is 21.3. The second kappa shape index (κ2) is 18.2. The van der Waals surface area contributed by atoms with Crippen LogP contribution in [0.25, 0.3) is 0 Å². The summed E-state index contributed by atoms with van der Waals surface area (Å²) in [6, 6.07) is 29.3. The van der Waals surface area contributed by atoms with Gasteiger partial charge in [0.2, 0.25) is 0 Å². The molecule has 4 aromatic rings. The first-order chi connectivity index (χ1) is 17.5. The van der Waals surface area contributed by atoms with Crippen LogP contribution in [0.15, 0.2) is 103 Å². The number of rotatable bonds is 8. The van der Waals surface area contributed by atoms with Crippen LogP contribution >= 0.6 is 12.4 Å². The van der Waals surface area contributed by atoms with E-state index in [0.29, 0.717) is 13.2 Å². The smallest absolute Gasteiger partial charge is 0.120 e. The Morgan fingerprint density at radius 2 is 0.919 bits per heavy atom. The quantitative estimate of drug-likeness (QED) is 0.140. The Hall–Kier alpha value is -4.07. The number of phenolic OH excluding ortho intramolecular Hbond substituents is 4. The average molecular weight is 528 g/mol. The van der Waals surface area contributed by atoms with Gasteiger partial charge in [-0.25, -0.2) is 0 Å². The Morgan fingerprint density at radius 1 is 0.514 bits per heavy atom. The van der Waals surface area contributed by atoms with E-state index in [0.717, 1.165) is 36.4 Å². The molecule has 0 spiro atoms. The molecule has 0 saturated heterocycles. The Labute approximate surface area is 223 Å². The van der Waals surface area contributed by atoms with Crippen molar-refractivity contribution >= 4 is 12.4 Å². The van der Waals surface area contributed by atoms with Crippen molar-refractivity contribution in [2.45, 2.75) is 19.4 Å². The van der Waals surface area contributed by atoms with Gasteiger partial charge in [-0.15, -0.1) is 12.4 Å². The minimum atomic E-state index is 0. The average Bonchev–Trinajstić information content (AvgIpc) is 2.91. The van der Waals surface area contributed by atoms with Gasteiger partial charge in [0.05, 0.1) is 6.61 Å². The Morgan fingerprint density at radius 3 is 1.32 bits per heavy atom. The summed E-state index contributed by atoms with van der Waals surface area (Å²) in [5.74, 6) is 2.40. The molecule has 7 nitrogen and oxygen atoms in total. The van der Waals surface area contributed by atoms with Crippen molar-refractivity contribution in [2.24, 2.45) is 5.73 Å². The minimum absolute atomic E-state index is 0. The van der Waals surface area contributed by atoms with Gasteiger partial charge >= 0.3 is 0 Å². The summed E-state index contributed by atoms with van der Waals surface area (Å²) in [5.41, 5.74) is 6.60. The first kappa shape index (κ1) is 31.0. The Bertz CT molecular complexity index is 1010. The third kappa shape index (κ3) is 14.2. The molecule has 0 fully saturated rings. The summed E-state index contributed by atoms with van der Waals surface area (Å²) in [6.45, 7) is 2.01. The fraction of sp³-hybridized carbons (Fsp3) is 0.172. The van der Waals surface area contributed by atoms with E-state index in [2.05, 4.69) is 12.1 Å². The molecule has 4 rings (SSSR count). The molecule has 8 heteroatoms. The van der Waals surface area contributed by atoms with Gasteiger partial charge in [0.1, 0.15) is 41.1 Å². The fourth-order valence-corrected chi connectivity index (χ4v) is 2.71. The lowest BCUT2D eigenvalue weighted by molar-refractivity contribution is 0.298. The van der Waals surface area contributed by atoms with Crippen LogP contribution in [-0.2, 0) is 6.61 Å². The SMILES string of the molecule is Cl.NCCCCOc1ccc(OCc2ccccc2)cc1.Oc1ccc(O)cc1.Oc1ccc(O)cc1. The molecule has 4 aromatic carbocycles. The Balaban J connectivity index is 0.000000331.